The SMILES string of the molecule is Cc1ccc(S[Se]C(F)(F)F)cc1. The molecule has 0 aliphatic heterocycles. The molecule has 0 saturated heterocycles. The van der Waals surface area contributed by atoms with Crippen molar-refractivity contribution >= 4 is 24.0 Å². The minimum absolute atomic E-state index is 0.683. The Kier molecular flexibility index (Phi) is 3.71. The number of hydrogen-bond donors (Lipinski definition) is 0. The van der Waals surface area contributed by atoms with Gasteiger partial charge in [0.1, 0.15) is 0 Å². The van der Waals surface area contributed by atoms with Gasteiger partial charge in [0, 0.05) is 0 Å². The van der Waals surface area contributed by atoms with E-state index in [4.69, 9.17) is 0 Å². The van der Waals surface area contributed by atoms with Crippen LogP contribution in [-0.4, -0.2) is 18.9 Å². The average molecular weight is 271 g/mol. The molecule has 1 rings (SSSR count). The first-order valence-electron chi connectivity index (χ1n) is 3.46. The van der Waals surface area contributed by atoms with Gasteiger partial charge in [0.2, 0.25) is 0 Å². The van der Waals surface area contributed by atoms with Crippen LogP contribution in [0.2, 0.25) is 0 Å². The molecular formula is C8H7F3SSe. The fourth-order valence-corrected chi connectivity index (χ4v) is 3.03. The zero-order valence-corrected chi connectivity index (χ0v) is 9.29. The molecule has 0 bridgehead atoms. The van der Waals surface area contributed by atoms with Crippen molar-refractivity contribution in [3.8, 4) is 0 Å². The van der Waals surface area contributed by atoms with E-state index in [-0.39, 0.29) is 0 Å². The van der Waals surface area contributed by atoms with Gasteiger partial charge in [-0.3, -0.25) is 0 Å². The molecular weight excluding hydrogens is 264 g/mol. The summed E-state index contributed by atoms with van der Waals surface area (Å²) in [5.74, 6) is 0. The van der Waals surface area contributed by atoms with Crippen molar-refractivity contribution in [2.75, 3.05) is 0 Å². The topological polar surface area (TPSA) is 0 Å². The molecule has 1 aromatic rings. The maximum atomic E-state index is 11.8. The molecule has 1 aromatic carbocycles. The Morgan fingerprint density at radius 1 is 1.15 bits per heavy atom. The van der Waals surface area contributed by atoms with Crippen LogP contribution in [0.3, 0.4) is 0 Å². The summed E-state index contributed by atoms with van der Waals surface area (Å²) in [7, 11) is 0.874. The Hall–Kier alpha value is -0.121. The zero-order chi connectivity index (χ0) is 9.90. The van der Waals surface area contributed by atoms with E-state index in [0.29, 0.717) is 4.90 Å². The van der Waals surface area contributed by atoms with Gasteiger partial charge in [-0.1, -0.05) is 0 Å². The van der Waals surface area contributed by atoms with E-state index in [2.05, 4.69) is 0 Å². The number of alkyl halides is 3. The molecule has 0 N–H and O–H groups in total. The number of aryl methyl sites for hydroxylation is 1. The van der Waals surface area contributed by atoms with Gasteiger partial charge in [-0.15, -0.1) is 0 Å². The van der Waals surface area contributed by atoms with E-state index in [9.17, 15) is 13.2 Å². The molecule has 0 unspecified atom stereocenters. The average Bonchev–Trinajstić information content (AvgIpc) is 2.02. The molecule has 0 amide bonds. The van der Waals surface area contributed by atoms with Crippen molar-refractivity contribution < 1.29 is 13.2 Å². The number of benzene rings is 1. The maximum absolute atomic E-state index is 11.8. The molecule has 0 aromatic heterocycles. The van der Waals surface area contributed by atoms with Gasteiger partial charge in [0.25, 0.3) is 0 Å². The van der Waals surface area contributed by atoms with Crippen molar-refractivity contribution in [3.63, 3.8) is 0 Å². The first kappa shape index (κ1) is 11.0. The first-order chi connectivity index (χ1) is 5.97. The molecule has 0 atom stereocenters. The van der Waals surface area contributed by atoms with Crippen LogP contribution in [0.25, 0.3) is 0 Å². The Balaban J connectivity index is 2.51. The van der Waals surface area contributed by atoms with Crippen molar-refractivity contribution in [3.05, 3.63) is 29.8 Å². The summed E-state index contributed by atoms with van der Waals surface area (Å²) in [4.78, 5) is 0.683. The van der Waals surface area contributed by atoms with Crippen molar-refractivity contribution in [1.82, 2.24) is 0 Å². The van der Waals surface area contributed by atoms with Crippen LogP contribution >= 0.6 is 10.2 Å². The van der Waals surface area contributed by atoms with Crippen LogP contribution in [0.15, 0.2) is 29.2 Å². The second-order valence-electron chi connectivity index (χ2n) is 2.43. The van der Waals surface area contributed by atoms with Gasteiger partial charge < -0.3 is 0 Å². The van der Waals surface area contributed by atoms with E-state index in [1.54, 1.807) is 12.1 Å². The van der Waals surface area contributed by atoms with Gasteiger partial charge in [-0.2, -0.15) is 0 Å². The van der Waals surface area contributed by atoms with Gasteiger partial charge >= 0.3 is 83.9 Å². The predicted molar refractivity (Wildman–Crippen MR) is 48.8 cm³/mol. The molecule has 0 saturated carbocycles. The van der Waals surface area contributed by atoms with Crippen LogP contribution < -0.4 is 0 Å². The molecule has 0 aliphatic rings. The van der Waals surface area contributed by atoms with Crippen LogP contribution in [0.1, 0.15) is 5.56 Å². The third-order valence-electron chi connectivity index (χ3n) is 1.25. The van der Waals surface area contributed by atoms with E-state index in [0.717, 1.165) is 15.7 Å². The number of rotatable bonds is 2. The molecule has 0 fully saturated rings. The zero-order valence-electron chi connectivity index (χ0n) is 6.76. The van der Waals surface area contributed by atoms with E-state index >= 15 is 0 Å². The van der Waals surface area contributed by atoms with Gasteiger partial charge in [-0.05, 0) is 0 Å². The molecule has 0 heterocycles. The van der Waals surface area contributed by atoms with Crippen molar-refractivity contribution in [1.29, 1.82) is 0 Å². The standard InChI is InChI=1S/C8H7F3SSe/c1-6-2-4-7(5-3-6)12-13-8(9,10)11/h2-5H,1H3. The Labute approximate surface area is 84.1 Å². The summed E-state index contributed by atoms with van der Waals surface area (Å²) in [6.07, 6.45) is 0. The quantitative estimate of drug-likeness (QED) is 0.744. The normalized spacial score (nSPS) is 11.7. The second kappa shape index (κ2) is 4.40. The van der Waals surface area contributed by atoms with Crippen LogP contribution in [0.4, 0.5) is 13.2 Å². The van der Waals surface area contributed by atoms with E-state index in [1.807, 2.05) is 19.1 Å². The van der Waals surface area contributed by atoms with Crippen molar-refractivity contribution in [2.45, 2.75) is 16.9 Å². The van der Waals surface area contributed by atoms with E-state index < -0.39 is 18.9 Å². The Bertz CT molecular complexity index is 268. The van der Waals surface area contributed by atoms with Crippen LogP contribution in [0, 0.1) is 6.92 Å². The minimum atomic E-state index is -4.03. The number of hydrogen-bond acceptors (Lipinski definition) is 1. The summed E-state index contributed by atoms with van der Waals surface area (Å²) in [5, 5.41) is -4.03. The molecule has 0 nitrogen and oxygen atoms in total. The summed E-state index contributed by atoms with van der Waals surface area (Å²) in [5.41, 5.74) is 1.06. The fraction of sp³-hybridized carbons (Fsp3) is 0.250. The van der Waals surface area contributed by atoms with E-state index in [1.165, 1.54) is 0 Å². The summed E-state index contributed by atoms with van der Waals surface area (Å²) < 4.78 is 35.5. The van der Waals surface area contributed by atoms with Gasteiger partial charge in [0.05, 0.1) is 0 Å². The molecule has 0 radical (unpaired) electrons. The summed E-state index contributed by atoms with van der Waals surface area (Å²) in [6.45, 7) is 1.91. The first-order valence-corrected chi connectivity index (χ1v) is 7.16. The summed E-state index contributed by atoms with van der Waals surface area (Å²) >= 11 is -1.37. The predicted octanol–water partition coefficient (Wildman–Crippen LogP) is 3.23. The van der Waals surface area contributed by atoms with Gasteiger partial charge in [-0.25, -0.2) is 0 Å². The monoisotopic (exact) mass is 272 g/mol. The third-order valence-corrected chi connectivity index (χ3v) is 4.92. The van der Waals surface area contributed by atoms with Crippen molar-refractivity contribution in [2.24, 2.45) is 0 Å². The molecule has 0 spiro atoms. The molecule has 72 valence electrons. The fourth-order valence-electron chi connectivity index (χ4n) is 0.689. The molecule has 13 heavy (non-hydrogen) atoms. The third kappa shape index (κ3) is 4.60. The Morgan fingerprint density at radius 3 is 2.15 bits per heavy atom. The second-order valence-corrected chi connectivity index (χ2v) is 6.30. The molecule has 0 aliphatic carbocycles. The molecule has 5 heteroatoms. The van der Waals surface area contributed by atoms with Crippen LogP contribution in [-0.2, 0) is 0 Å². The number of halogens is 3. The Morgan fingerprint density at radius 2 is 1.69 bits per heavy atom. The van der Waals surface area contributed by atoms with Gasteiger partial charge in [0.15, 0.2) is 0 Å². The summed E-state index contributed by atoms with van der Waals surface area (Å²) in [6, 6.07) is 7.06. The van der Waals surface area contributed by atoms with Crippen LogP contribution in [0.5, 0.6) is 0 Å².